The number of hydrogen-bond acceptors (Lipinski definition) is 0. The van der Waals surface area contributed by atoms with Crippen LogP contribution in [0.1, 0.15) is 30.0 Å². The van der Waals surface area contributed by atoms with Gasteiger partial charge in [0.1, 0.15) is 5.82 Å². The molecule has 2 aromatic rings. The van der Waals surface area contributed by atoms with Crippen molar-refractivity contribution in [3.8, 4) is 0 Å². The predicted molar refractivity (Wildman–Crippen MR) is 74.2 cm³/mol. The van der Waals surface area contributed by atoms with Crippen LogP contribution >= 0.6 is 0 Å². The molecule has 0 nitrogen and oxygen atoms in total. The molecule has 0 atom stereocenters. The Hall–Kier alpha value is -1.63. The van der Waals surface area contributed by atoms with Gasteiger partial charge >= 0.3 is 0 Å². The van der Waals surface area contributed by atoms with Gasteiger partial charge in [0.05, 0.1) is 0 Å². The smallest absolute Gasteiger partial charge is 0.123 e. The molecule has 0 unspecified atom stereocenters. The Kier molecular flexibility index (Phi) is 4.52. The van der Waals surface area contributed by atoms with Crippen LogP contribution in [-0.2, 0) is 19.3 Å². The van der Waals surface area contributed by atoms with E-state index >= 15 is 0 Å². The number of benzene rings is 2. The van der Waals surface area contributed by atoms with E-state index in [0.717, 1.165) is 19.3 Å². The highest BCUT2D eigenvalue weighted by Crippen LogP contribution is 2.11. The van der Waals surface area contributed by atoms with Gasteiger partial charge in [-0.05, 0) is 48.1 Å². The molecule has 94 valence electrons. The summed E-state index contributed by atoms with van der Waals surface area (Å²) >= 11 is 0. The standard InChI is InChI=1S/C17H19F/c1-2-3-14-4-6-15(7-5-14)8-9-16-10-12-17(18)13-11-16/h4-7,10-13H,2-3,8-9H2,1H3. The summed E-state index contributed by atoms with van der Waals surface area (Å²) in [6, 6.07) is 15.6. The normalized spacial score (nSPS) is 10.6. The van der Waals surface area contributed by atoms with Crippen molar-refractivity contribution < 1.29 is 4.39 Å². The van der Waals surface area contributed by atoms with Gasteiger partial charge in [-0.3, -0.25) is 0 Å². The second-order valence-corrected chi connectivity index (χ2v) is 4.69. The average molecular weight is 242 g/mol. The van der Waals surface area contributed by atoms with Gasteiger partial charge in [-0.2, -0.15) is 0 Å². The lowest BCUT2D eigenvalue weighted by Crippen LogP contribution is -1.92. The molecule has 0 heterocycles. The first-order valence-corrected chi connectivity index (χ1v) is 6.60. The van der Waals surface area contributed by atoms with E-state index in [4.69, 9.17) is 0 Å². The van der Waals surface area contributed by atoms with Gasteiger partial charge in [-0.1, -0.05) is 49.7 Å². The van der Waals surface area contributed by atoms with E-state index in [1.807, 2.05) is 12.1 Å². The molecule has 0 fully saturated rings. The Morgan fingerprint density at radius 2 is 1.06 bits per heavy atom. The van der Waals surface area contributed by atoms with Crippen LogP contribution in [0.3, 0.4) is 0 Å². The molecule has 2 aromatic carbocycles. The molecule has 0 aromatic heterocycles. The van der Waals surface area contributed by atoms with E-state index in [1.165, 1.54) is 35.2 Å². The zero-order chi connectivity index (χ0) is 12.8. The third-order valence-corrected chi connectivity index (χ3v) is 3.18. The topological polar surface area (TPSA) is 0 Å². The van der Waals surface area contributed by atoms with Crippen molar-refractivity contribution in [2.75, 3.05) is 0 Å². The molecule has 18 heavy (non-hydrogen) atoms. The third kappa shape index (κ3) is 3.69. The molecule has 0 N–H and O–H groups in total. The lowest BCUT2D eigenvalue weighted by molar-refractivity contribution is 0.627. The van der Waals surface area contributed by atoms with E-state index in [0.29, 0.717) is 0 Å². The second kappa shape index (κ2) is 6.34. The summed E-state index contributed by atoms with van der Waals surface area (Å²) in [7, 11) is 0. The van der Waals surface area contributed by atoms with Crippen molar-refractivity contribution in [1.29, 1.82) is 0 Å². The zero-order valence-electron chi connectivity index (χ0n) is 10.8. The number of rotatable bonds is 5. The first-order valence-electron chi connectivity index (χ1n) is 6.60. The van der Waals surface area contributed by atoms with Crippen LogP contribution in [0.5, 0.6) is 0 Å². The van der Waals surface area contributed by atoms with E-state index in [2.05, 4.69) is 31.2 Å². The van der Waals surface area contributed by atoms with Gasteiger partial charge in [0, 0.05) is 0 Å². The van der Waals surface area contributed by atoms with Crippen LogP contribution in [0, 0.1) is 5.82 Å². The summed E-state index contributed by atoms with van der Waals surface area (Å²) < 4.78 is 12.8. The van der Waals surface area contributed by atoms with E-state index in [-0.39, 0.29) is 5.82 Å². The van der Waals surface area contributed by atoms with Gasteiger partial charge in [-0.15, -0.1) is 0 Å². The Bertz CT molecular complexity index is 468. The Morgan fingerprint density at radius 3 is 1.50 bits per heavy atom. The lowest BCUT2D eigenvalue weighted by Gasteiger charge is -2.04. The Balaban J connectivity index is 1.91. The quantitative estimate of drug-likeness (QED) is 0.720. The van der Waals surface area contributed by atoms with Crippen molar-refractivity contribution in [3.63, 3.8) is 0 Å². The lowest BCUT2D eigenvalue weighted by atomic mass is 10.0. The fourth-order valence-electron chi connectivity index (χ4n) is 2.10. The van der Waals surface area contributed by atoms with Crippen LogP contribution < -0.4 is 0 Å². The highest BCUT2D eigenvalue weighted by Gasteiger charge is 1.97. The highest BCUT2D eigenvalue weighted by atomic mass is 19.1. The van der Waals surface area contributed by atoms with Crippen molar-refractivity contribution in [2.24, 2.45) is 0 Å². The summed E-state index contributed by atoms with van der Waals surface area (Å²) in [6.45, 7) is 2.20. The van der Waals surface area contributed by atoms with E-state index in [9.17, 15) is 4.39 Å². The van der Waals surface area contributed by atoms with Crippen LogP contribution in [0.2, 0.25) is 0 Å². The summed E-state index contributed by atoms with van der Waals surface area (Å²) in [4.78, 5) is 0. The minimum atomic E-state index is -0.164. The maximum absolute atomic E-state index is 12.8. The molecule has 1 heteroatoms. The van der Waals surface area contributed by atoms with Crippen LogP contribution in [0.4, 0.5) is 4.39 Å². The van der Waals surface area contributed by atoms with Gasteiger partial charge in [0.25, 0.3) is 0 Å². The minimum absolute atomic E-state index is 0.164. The van der Waals surface area contributed by atoms with Crippen molar-refractivity contribution in [2.45, 2.75) is 32.6 Å². The van der Waals surface area contributed by atoms with Crippen LogP contribution in [0.25, 0.3) is 0 Å². The molecule has 0 aliphatic carbocycles. The van der Waals surface area contributed by atoms with Gasteiger partial charge in [0.15, 0.2) is 0 Å². The summed E-state index contributed by atoms with van der Waals surface area (Å²) in [5.41, 5.74) is 3.94. The molecule has 0 spiro atoms. The fraction of sp³-hybridized carbons (Fsp3) is 0.294. The molecule has 0 saturated carbocycles. The van der Waals surface area contributed by atoms with Gasteiger partial charge < -0.3 is 0 Å². The number of aryl methyl sites for hydroxylation is 3. The molecular weight excluding hydrogens is 223 g/mol. The highest BCUT2D eigenvalue weighted by molar-refractivity contribution is 5.24. The zero-order valence-corrected chi connectivity index (χ0v) is 10.8. The predicted octanol–water partition coefficient (Wildman–Crippen LogP) is 4.56. The molecule has 0 aliphatic heterocycles. The first kappa shape index (κ1) is 12.8. The van der Waals surface area contributed by atoms with E-state index < -0.39 is 0 Å². The summed E-state index contributed by atoms with van der Waals surface area (Å²) in [5.74, 6) is -0.164. The summed E-state index contributed by atoms with van der Waals surface area (Å²) in [6.07, 6.45) is 4.32. The molecule has 0 saturated heterocycles. The summed E-state index contributed by atoms with van der Waals surface area (Å²) in [5, 5.41) is 0. The number of halogens is 1. The van der Waals surface area contributed by atoms with Crippen molar-refractivity contribution in [3.05, 3.63) is 71.0 Å². The van der Waals surface area contributed by atoms with Gasteiger partial charge in [-0.25, -0.2) is 4.39 Å². The van der Waals surface area contributed by atoms with E-state index in [1.54, 1.807) is 0 Å². The maximum Gasteiger partial charge on any atom is 0.123 e. The number of hydrogen-bond donors (Lipinski definition) is 0. The van der Waals surface area contributed by atoms with Gasteiger partial charge in [0.2, 0.25) is 0 Å². The molecular formula is C17H19F. The van der Waals surface area contributed by atoms with Crippen molar-refractivity contribution >= 4 is 0 Å². The third-order valence-electron chi connectivity index (χ3n) is 3.18. The SMILES string of the molecule is CCCc1ccc(CCc2ccc(F)cc2)cc1. The van der Waals surface area contributed by atoms with Crippen LogP contribution in [0.15, 0.2) is 48.5 Å². The fourth-order valence-corrected chi connectivity index (χ4v) is 2.10. The average Bonchev–Trinajstić information content (AvgIpc) is 2.40. The second-order valence-electron chi connectivity index (χ2n) is 4.69. The molecule has 0 aliphatic rings. The maximum atomic E-state index is 12.8. The van der Waals surface area contributed by atoms with Crippen molar-refractivity contribution in [1.82, 2.24) is 0 Å². The first-order chi connectivity index (χ1) is 8.78. The molecule has 2 rings (SSSR count). The Morgan fingerprint density at radius 1 is 0.667 bits per heavy atom. The molecule has 0 bridgehead atoms. The minimum Gasteiger partial charge on any atom is -0.207 e. The largest absolute Gasteiger partial charge is 0.207 e. The molecule has 0 amide bonds. The monoisotopic (exact) mass is 242 g/mol. The van der Waals surface area contributed by atoms with Crippen LogP contribution in [-0.4, -0.2) is 0 Å². The Labute approximate surface area is 108 Å². The molecule has 0 radical (unpaired) electrons.